The normalized spacial score (nSPS) is 14.2. The predicted molar refractivity (Wildman–Crippen MR) is 91.3 cm³/mol. The second kappa shape index (κ2) is 9.05. The zero-order valence-electron chi connectivity index (χ0n) is 14.7. The van der Waals surface area contributed by atoms with Gasteiger partial charge < -0.3 is 19.3 Å². The number of esters is 1. The van der Waals surface area contributed by atoms with Gasteiger partial charge in [-0.15, -0.1) is 0 Å². The van der Waals surface area contributed by atoms with Gasteiger partial charge in [0.2, 0.25) is 5.91 Å². The van der Waals surface area contributed by atoms with Crippen molar-refractivity contribution in [1.82, 2.24) is 9.80 Å². The Balaban J connectivity index is 1.79. The number of amides is 2. The van der Waals surface area contributed by atoms with Gasteiger partial charge >= 0.3 is 5.97 Å². The van der Waals surface area contributed by atoms with E-state index in [4.69, 9.17) is 4.74 Å². The van der Waals surface area contributed by atoms with E-state index in [1.807, 2.05) is 0 Å². The number of methoxy groups -OCH3 is 2. The van der Waals surface area contributed by atoms with E-state index >= 15 is 0 Å². The minimum Gasteiger partial charge on any atom is -0.497 e. The molecule has 1 aliphatic heterocycles. The molecule has 0 unspecified atom stereocenters. The fraction of sp³-hybridized carbons (Fsp3) is 0.500. The van der Waals surface area contributed by atoms with Crippen LogP contribution in [0.5, 0.6) is 5.75 Å². The number of carbonyl (C=O) groups is 3. The minimum absolute atomic E-state index is 0.0143. The van der Waals surface area contributed by atoms with Gasteiger partial charge in [0.15, 0.2) is 0 Å². The molecule has 2 rings (SSSR count). The van der Waals surface area contributed by atoms with Gasteiger partial charge in [0.1, 0.15) is 5.75 Å². The molecule has 0 bridgehead atoms. The standard InChI is InChI=1S/C18H24N2O5/c1-24-15-8-6-14(7-9-15)18(23)20-12-10-19(11-13-20)16(21)4-3-5-17(22)25-2/h6-9H,3-5,10-13H2,1-2H3. The first kappa shape index (κ1) is 18.8. The summed E-state index contributed by atoms with van der Waals surface area (Å²) in [6.07, 6.45) is 1.05. The summed E-state index contributed by atoms with van der Waals surface area (Å²) >= 11 is 0. The van der Waals surface area contributed by atoms with Gasteiger partial charge in [-0.2, -0.15) is 0 Å². The van der Waals surface area contributed by atoms with Crippen molar-refractivity contribution in [3.63, 3.8) is 0 Å². The van der Waals surface area contributed by atoms with Crippen molar-refractivity contribution in [2.45, 2.75) is 19.3 Å². The molecule has 2 amide bonds. The van der Waals surface area contributed by atoms with Crippen molar-refractivity contribution >= 4 is 17.8 Å². The summed E-state index contributed by atoms with van der Waals surface area (Å²) in [7, 11) is 2.92. The quantitative estimate of drug-likeness (QED) is 0.725. The molecule has 25 heavy (non-hydrogen) atoms. The molecule has 0 spiro atoms. The zero-order chi connectivity index (χ0) is 18.2. The highest BCUT2D eigenvalue weighted by atomic mass is 16.5. The van der Waals surface area contributed by atoms with Gasteiger partial charge in [-0.05, 0) is 30.7 Å². The number of carbonyl (C=O) groups excluding carboxylic acids is 3. The fourth-order valence-corrected chi connectivity index (χ4v) is 2.72. The van der Waals surface area contributed by atoms with Gasteiger partial charge in [-0.1, -0.05) is 0 Å². The molecule has 1 aromatic rings. The number of hydrogen-bond donors (Lipinski definition) is 0. The van der Waals surface area contributed by atoms with Crippen LogP contribution >= 0.6 is 0 Å². The Labute approximate surface area is 147 Å². The summed E-state index contributed by atoms with van der Waals surface area (Å²) in [6.45, 7) is 2.04. The summed E-state index contributed by atoms with van der Waals surface area (Å²) in [4.78, 5) is 39.2. The van der Waals surface area contributed by atoms with E-state index in [1.165, 1.54) is 7.11 Å². The molecule has 7 nitrogen and oxygen atoms in total. The van der Waals surface area contributed by atoms with E-state index in [9.17, 15) is 14.4 Å². The lowest BCUT2D eigenvalue weighted by Crippen LogP contribution is -2.50. The number of hydrogen-bond acceptors (Lipinski definition) is 5. The molecule has 7 heteroatoms. The van der Waals surface area contributed by atoms with E-state index < -0.39 is 0 Å². The summed E-state index contributed by atoms with van der Waals surface area (Å²) in [5, 5.41) is 0. The van der Waals surface area contributed by atoms with Gasteiger partial charge in [-0.25, -0.2) is 0 Å². The lowest BCUT2D eigenvalue weighted by atomic mass is 10.1. The Morgan fingerprint density at radius 1 is 0.920 bits per heavy atom. The monoisotopic (exact) mass is 348 g/mol. The van der Waals surface area contributed by atoms with E-state index in [0.29, 0.717) is 50.3 Å². The summed E-state index contributed by atoms with van der Waals surface area (Å²) in [5.74, 6) is 0.377. The van der Waals surface area contributed by atoms with E-state index in [0.717, 1.165) is 0 Å². The summed E-state index contributed by atoms with van der Waals surface area (Å²) in [6, 6.07) is 7.00. The molecule has 0 atom stereocenters. The number of ether oxygens (including phenoxy) is 2. The largest absolute Gasteiger partial charge is 0.497 e. The number of piperazine rings is 1. The molecule has 136 valence electrons. The third-order valence-corrected chi connectivity index (χ3v) is 4.26. The highest BCUT2D eigenvalue weighted by molar-refractivity contribution is 5.94. The predicted octanol–water partition coefficient (Wildman–Crippen LogP) is 1.32. The molecular weight excluding hydrogens is 324 g/mol. The molecule has 1 heterocycles. The fourth-order valence-electron chi connectivity index (χ4n) is 2.72. The maximum atomic E-state index is 12.5. The second-order valence-corrected chi connectivity index (χ2v) is 5.83. The van der Waals surface area contributed by atoms with Crippen LogP contribution in [0.2, 0.25) is 0 Å². The van der Waals surface area contributed by atoms with Crippen molar-refractivity contribution in [1.29, 1.82) is 0 Å². The highest BCUT2D eigenvalue weighted by Crippen LogP contribution is 2.15. The van der Waals surface area contributed by atoms with Crippen molar-refractivity contribution in [2.75, 3.05) is 40.4 Å². The number of benzene rings is 1. The molecule has 1 saturated heterocycles. The average molecular weight is 348 g/mol. The first-order valence-corrected chi connectivity index (χ1v) is 8.33. The van der Waals surface area contributed by atoms with E-state index in [1.54, 1.807) is 41.2 Å². The molecule has 0 radical (unpaired) electrons. The van der Waals surface area contributed by atoms with Crippen LogP contribution in [0.4, 0.5) is 0 Å². The molecule has 1 fully saturated rings. The van der Waals surface area contributed by atoms with Crippen LogP contribution in [0.25, 0.3) is 0 Å². The molecular formula is C18H24N2O5. The summed E-state index contributed by atoms with van der Waals surface area (Å²) < 4.78 is 9.65. The summed E-state index contributed by atoms with van der Waals surface area (Å²) in [5.41, 5.74) is 0.610. The number of nitrogens with zero attached hydrogens (tertiary/aromatic N) is 2. The van der Waals surface area contributed by atoms with Gasteiger partial charge in [-0.3, -0.25) is 14.4 Å². The Morgan fingerprint density at radius 3 is 2.08 bits per heavy atom. The smallest absolute Gasteiger partial charge is 0.305 e. The minimum atomic E-state index is -0.303. The third kappa shape index (κ3) is 5.20. The van der Waals surface area contributed by atoms with Crippen molar-refractivity contribution in [2.24, 2.45) is 0 Å². The van der Waals surface area contributed by atoms with Crippen LogP contribution in [0, 0.1) is 0 Å². The third-order valence-electron chi connectivity index (χ3n) is 4.26. The Hall–Kier alpha value is -2.57. The second-order valence-electron chi connectivity index (χ2n) is 5.83. The lowest BCUT2D eigenvalue weighted by Gasteiger charge is -2.35. The number of rotatable bonds is 6. The van der Waals surface area contributed by atoms with Crippen LogP contribution in [0.15, 0.2) is 24.3 Å². The lowest BCUT2D eigenvalue weighted by molar-refractivity contribution is -0.141. The van der Waals surface area contributed by atoms with Gasteiger partial charge in [0.05, 0.1) is 14.2 Å². The van der Waals surface area contributed by atoms with Crippen LogP contribution < -0.4 is 4.74 Å². The van der Waals surface area contributed by atoms with Crippen molar-refractivity contribution < 1.29 is 23.9 Å². The Kier molecular flexibility index (Phi) is 6.80. The zero-order valence-corrected chi connectivity index (χ0v) is 14.7. The van der Waals surface area contributed by atoms with Gasteiger partial charge in [0.25, 0.3) is 5.91 Å². The molecule has 1 aliphatic rings. The van der Waals surface area contributed by atoms with Crippen LogP contribution in [0.3, 0.4) is 0 Å². The van der Waals surface area contributed by atoms with E-state index in [2.05, 4.69) is 4.74 Å². The molecule has 1 aromatic carbocycles. The first-order chi connectivity index (χ1) is 12.0. The van der Waals surface area contributed by atoms with Crippen LogP contribution in [-0.4, -0.2) is 68.0 Å². The highest BCUT2D eigenvalue weighted by Gasteiger charge is 2.24. The molecule has 0 saturated carbocycles. The SMILES string of the molecule is COC(=O)CCCC(=O)N1CCN(C(=O)c2ccc(OC)cc2)CC1. The Morgan fingerprint density at radius 2 is 1.52 bits per heavy atom. The molecule has 0 aliphatic carbocycles. The first-order valence-electron chi connectivity index (χ1n) is 8.33. The average Bonchev–Trinajstić information content (AvgIpc) is 2.67. The van der Waals surface area contributed by atoms with Gasteiger partial charge in [0, 0.05) is 44.6 Å². The van der Waals surface area contributed by atoms with Crippen LogP contribution in [-0.2, 0) is 14.3 Å². The van der Waals surface area contributed by atoms with Crippen molar-refractivity contribution in [3.8, 4) is 5.75 Å². The molecule has 0 aromatic heterocycles. The van der Waals surface area contributed by atoms with Crippen LogP contribution in [0.1, 0.15) is 29.6 Å². The maximum absolute atomic E-state index is 12.5. The van der Waals surface area contributed by atoms with Crippen molar-refractivity contribution in [3.05, 3.63) is 29.8 Å². The maximum Gasteiger partial charge on any atom is 0.305 e. The van der Waals surface area contributed by atoms with E-state index in [-0.39, 0.29) is 24.2 Å². The molecule has 0 N–H and O–H groups in total. The Bertz CT molecular complexity index is 606. The topological polar surface area (TPSA) is 76.2 Å².